The minimum Gasteiger partial charge on any atom is -0.508 e. The maximum atomic E-state index is 13.9. The highest BCUT2D eigenvalue weighted by molar-refractivity contribution is 5.88. The number of phenolic OH excluding ortho intramolecular Hbond substituents is 3. The third-order valence-corrected chi connectivity index (χ3v) is 9.37. The van der Waals surface area contributed by atoms with Crippen molar-refractivity contribution in [3.05, 3.63) is 40.6 Å². The molecule has 0 saturated carbocycles. The van der Waals surface area contributed by atoms with E-state index in [1.54, 1.807) is 0 Å². The molecule has 15 unspecified atom stereocenters. The Bertz CT molecular complexity index is 1850. The molecule has 6 rings (SSSR count). The average Bonchev–Trinajstić information content (AvgIpc) is 3.13. The number of phenols is 3. The van der Waals surface area contributed by atoms with Crippen molar-refractivity contribution in [1.29, 1.82) is 0 Å². The van der Waals surface area contributed by atoms with Gasteiger partial charge in [0, 0.05) is 17.7 Å². The molecule has 3 aliphatic heterocycles. The van der Waals surface area contributed by atoms with Gasteiger partial charge in [0.25, 0.3) is 0 Å². The van der Waals surface area contributed by atoms with Gasteiger partial charge >= 0.3 is 0 Å². The van der Waals surface area contributed by atoms with E-state index in [0.29, 0.717) is 0 Å². The second kappa shape index (κ2) is 15.7. The number of aliphatic hydroxyl groups is 10. The van der Waals surface area contributed by atoms with Gasteiger partial charge in [0.1, 0.15) is 89.6 Å². The first-order valence-electron chi connectivity index (χ1n) is 16.5. The number of ether oxygens (including phenoxy) is 6. The summed E-state index contributed by atoms with van der Waals surface area (Å²) in [6, 6.07) is 5.11. The highest BCUT2D eigenvalue weighted by Gasteiger charge is 2.48. The van der Waals surface area contributed by atoms with Crippen LogP contribution in [0.1, 0.15) is 6.92 Å². The summed E-state index contributed by atoms with van der Waals surface area (Å²) in [6.07, 6.45) is -25.1. The monoisotopic (exact) mass is 772 g/mol. The van der Waals surface area contributed by atoms with Crippen molar-refractivity contribution >= 4 is 11.0 Å². The van der Waals surface area contributed by atoms with E-state index in [-0.39, 0.29) is 16.9 Å². The molecule has 3 aromatic rings. The molecule has 0 spiro atoms. The first-order valence-corrected chi connectivity index (χ1v) is 16.5. The lowest BCUT2D eigenvalue weighted by atomic mass is 9.98. The molecule has 54 heavy (non-hydrogen) atoms. The average molecular weight is 773 g/mol. The van der Waals surface area contributed by atoms with Crippen LogP contribution in [0, 0.1) is 0 Å². The standard InChI is InChI=1S/C33H40O21/c1-9-19(38)23(42)26(45)31(49-9)48-8-17-21(40)25(44)28(47)33(53-17)54-30-22(41)18-13(37)5-11(35)6-15(18)50-29(30)10-2-3-14(12(36)4-10)51-32-27(46)24(43)20(39)16(7-34)52-32/h2-6,9,16-17,19-21,23-28,31-40,42-47H,7-8H2,1H3. The van der Waals surface area contributed by atoms with E-state index >= 15 is 0 Å². The Kier molecular flexibility index (Phi) is 11.5. The molecule has 1 aromatic heterocycles. The summed E-state index contributed by atoms with van der Waals surface area (Å²) in [5.74, 6) is -3.59. The number of benzene rings is 2. The van der Waals surface area contributed by atoms with Crippen molar-refractivity contribution in [2.75, 3.05) is 13.2 Å². The molecule has 15 atom stereocenters. The van der Waals surface area contributed by atoms with Gasteiger partial charge in [-0.25, -0.2) is 0 Å². The molecule has 0 bridgehead atoms. The van der Waals surface area contributed by atoms with Crippen LogP contribution < -0.4 is 14.9 Å². The molecule has 2 aromatic carbocycles. The molecule has 0 aliphatic carbocycles. The summed E-state index contributed by atoms with van der Waals surface area (Å²) >= 11 is 0. The molecule has 3 fully saturated rings. The smallest absolute Gasteiger partial charge is 0.239 e. The molecular formula is C33H40O21. The van der Waals surface area contributed by atoms with E-state index in [0.717, 1.165) is 24.3 Å². The number of hydrogen-bond donors (Lipinski definition) is 13. The number of aromatic hydroxyl groups is 3. The fraction of sp³-hybridized carbons (Fsp3) is 0.545. The normalized spacial score (nSPS) is 37.3. The van der Waals surface area contributed by atoms with E-state index in [9.17, 15) is 71.2 Å². The summed E-state index contributed by atoms with van der Waals surface area (Å²) in [5.41, 5.74) is -1.62. The Balaban J connectivity index is 1.31. The van der Waals surface area contributed by atoms with E-state index < -0.39 is 145 Å². The second-order valence-corrected chi connectivity index (χ2v) is 13.1. The van der Waals surface area contributed by atoms with Gasteiger partial charge in [0.05, 0.1) is 19.3 Å². The van der Waals surface area contributed by atoms with Gasteiger partial charge in [-0.15, -0.1) is 0 Å². The van der Waals surface area contributed by atoms with Crippen molar-refractivity contribution in [3.63, 3.8) is 0 Å². The largest absolute Gasteiger partial charge is 0.508 e. The predicted octanol–water partition coefficient (Wildman–Crippen LogP) is -4.21. The van der Waals surface area contributed by atoms with Gasteiger partial charge in [-0.2, -0.15) is 0 Å². The van der Waals surface area contributed by atoms with Gasteiger partial charge in [-0.3, -0.25) is 4.79 Å². The van der Waals surface area contributed by atoms with Crippen LogP contribution in [0.2, 0.25) is 0 Å². The second-order valence-electron chi connectivity index (χ2n) is 13.1. The Morgan fingerprint density at radius 1 is 0.648 bits per heavy atom. The van der Waals surface area contributed by atoms with Crippen LogP contribution in [0.4, 0.5) is 0 Å². The lowest BCUT2D eigenvalue weighted by molar-refractivity contribution is -0.318. The molecule has 0 radical (unpaired) electrons. The van der Waals surface area contributed by atoms with Gasteiger partial charge < -0.3 is 99.2 Å². The number of hydrogen-bond acceptors (Lipinski definition) is 21. The van der Waals surface area contributed by atoms with Gasteiger partial charge in [-0.05, 0) is 25.1 Å². The first kappa shape index (κ1) is 39.8. The van der Waals surface area contributed by atoms with Crippen LogP contribution in [0.5, 0.6) is 28.7 Å². The maximum absolute atomic E-state index is 13.9. The first-order chi connectivity index (χ1) is 25.5. The zero-order chi connectivity index (χ0) is 39.3. The Morgan fingerprint density at radius 3 is 1.89 bits per heavy atom. The van der Waals surface area contributed by atoms with Gasteiger partial charge in [-0.1, -0.05) is 0 Å². The molecule has 298 valence electrons. The zero-order valence-electron chi connectivity index (χ0n) is 28.0. The van der Waals surface area contributed by atoms with Crippen LogP contribution in [0.15, 0.2) is 39.5 Å². The Hall–Kier alpha value is -3.91. The van der Waals surface area contributed by atoms with Crippen LogP contribution in [-0.2, 0) is 18.9 Å². The van der Waals surface area contributed by atoms with E-state index in [1.807, 2.05) is 0 Å². The zero-order valence-corrected chi connectivity index (χ0v) is 28.0. The third-order valence-electron chi connectivity index (χ3n) is 9.37. The number of aliphatic hydroxyl groups excluding tert-OH is 10. The Morgan fingerprint density at radius 2 is 1.24 bits per heavy atom. The lowest BCUT2D eigenvalue weighted by Crippen LogP contribution is -2.61. The molecule has 0 amide bonds. The highest BCUT2D eigenvalue weighted by Crippen LogP contribution is 2.40. The molecule has 3 aliphatic rings. The van der Waals surface area contributed by atoms with Gasteiger partial charge in [0.2, 0.25) is 23.8 Å². The van der Waals surface area contributed by atoms with E-state index in [4.69, 9.17) is 32.8 Å². The van der Waals surface area contributed by atoms with Crippen LogP contribution in [0.25, 0.3) is 22.3 Å². The third kappa shape index (κ3) is 7.39. The summed E-state index contributed by atoms with van der Waals surface area (Å²) in [6.45, 7) is -0.0102. The fourth-order valence-electron chi connectivity index (χ4n) is 6.22. The molecule has 13 N–H and O–H groups in total. The van der Waals surface area contributed by atoms with E-state index in [2.05, 4.69) is 0 Å². The molecule has 21 heteroatoms. The number of fused-ring (bicyclic) bond motifs is 1. The van der Waals surface area contributed by atoms with Crippen molar-refractivity contribution in [2.45, 2.75) is 99.0 Å². The van der Waals surface area contributed by atoms with Crippen LogP contribution >= 0.6 is 0 Å². The van der Waals surface area contributed by atoms with Crippen LogP contribution in [0.3, 0.4) is 0 Å². The summed E-state index contributed by atoms with van der Waals surface area (Å²) in [7, 11) is 0. The van der Waals surface area contributed by atoms with Crippen molar-refractivity contribution in [2.24, 2.45) is 0 Å². The summed E-state index contributed by atoms with van der Waals surface area (Å²) in [5, 5.41) is 134. The minimum atomic E-state index is -2.05. The summed E-state index contributed by atoms with van der Waals surface area (Å²) in [4.78, 5) is 13.9. The SMILES string of the molecule is CC1OC(OCC2OC(Oc3c(-c4ccc(OC5OC(CO)C(O)C(O)C5O)c(O)c4)oc4cc(O)cc(O)c4c3=O)C(O)C(O)C2O)C(O)C(O)C1O. The molecular weight excluding hydrogens is 732 g/mol. The summed E-state index contributed by atoms with van der Waals surface area (Å²) < 4.78 is 38.9. The topological polar surface area (TPSA) is 349 Å². The van der Waals surface area contributed by atoms with Crippen molar-refractivity contribution < 1.29 is 99.2 Å². The van der Waals surface area contributed by atoms with Crippen molar-refractivity contribution in [3.8, 4) is 40.1 Å². The van der Waals surface area contributed by atoms with E-state index in [1.165, 1.54) is 13.0 Å². The predicted molar refractivity (Wildman–Crippen MR) is 173 cm³/mol. The quantitative estimate of drug-likeness (QED) is 0.0980. The fourth-order valence-corrected chi connectivity index (χ4v) is 6.22. The highest BCUT2D eigenvalue weighted by atomic mass is 16.7. The number of rotatable bonds is 9. The molecule has 21 nitrogen and oxygen atoms in total. The molecule has 4 heterocycles. The molecule has 3 saturated heterocycles. The van der Waals surface area contributed by atoms with Crippen molar-refractivity contribution in [1.82, 2.24) is 0 Å². The van der Waals surface area contributed by atoms with Gasteiger partial charge in [0.15, 0.2) is 23.5 Å². The maximum Gasteiger partial charge on any atom is 0.239 e. The minimum absolute atomic E-state index is 0.144. The lowest BCUT2D eigenvalue weighted by Gasteiger charge is -2.42. The van der Waals surface area contributed by atoms with Crippen LogP contribution in [-0.4, -0.2) is 172 Å². The Labute approximate surface area is 303 Å².